The highest BCUT2D eigenvalue weighted by atomic mass is 32.2. The zero-order valence-electron chi connectivity index (χ0n) is 15.1. The molecule has 0 aliphatic rings. The van der Waals surface area contributed by atoms with Crippen molar-refractivity contribution in [2.24, 2.45) is 0 Å². The van der Waals surface area contributed by atoms with Gasteiger partial charge in [-0.3, -0.25) is 9.78 Å². The fraction of sp³-hybridized carbons (Fsp3) is 0.263. The number of halogens is 1. The molecule has 3 aromatic rings. The molecule has 2 heterocycles. The molecule has 2 aromatic heterocycles. The molecule has 27 heavy (non-hydrogen) atoms. The standard InChI is InChI=1S/C19H20FN5OS/c1-3-13-8-9-15(14(20)11-13)22-17(26)12-27-19-24-23-18(25(19)4-2)16-7-5-6-10-21-16/h5-11H,3-4,12H2,1-2H3,(H,22,26). The summed E-state index contributed by atoms with van der Waals surface area (Å²) in [6, 6.07) is 10.4. The zero-order valence-corrected chi connectivity index (χ0v) is 16.0. The molecule has 0 saturated heterocycles. The molecule has 0 fully saturated rings. The van der Waals surface area contributed by atoms with Crippen LogP contribution in [0.5, 0.6) is 0 Å². The Kier molecular flexibility index (Phi) is 6.18. The maximum atomic E-state index is 14.0. The lowest BCUT2D eigenvalue weighted by atomic mass is 10.1. The van der Waals surface area contributed by atoms with Gasteiger partial charge in [0.15, 0.2) is 11.0 Å². The lowest BCUT2D eigenvalue weighted by Gasteiger charge is -2.08. The van der Waals surface area contributed by atoms with Gasteiger partial charge in [-0.25, -0.2) is 4.39 Å². The van der Waals surface area contributed by atoms with Gasteiger partial charge in [0.25, 0.3) is 0 Å². The molecule has 3 rings (SSSR count). The lowest BCUT2D eigenvalue weighted by molar-refractivity contribution is -0.113. The van der Waals surface area contributed by atoms with Gasteiger partial charge in [0.05, 0.1) is 11.4 Å². The van der Waals surface area contributed by atoms with Gasteiger partial charge in [-0.05, 0) is 43.2 Å². The van der Waals surface area contributed by atoms with Crippen LogP contribution in [0.25, 0.3) is 11.5 Å². The van der Waals surface area contributed by atoms with E-state index in [9.17, 15) is 9.18 Å². The number of nitrogens with zero attached hydrogens (tertiary/aromatic N) is 4. The molecule has 140 valence electrons. The van der Waals surface area contributed by atoms with E-state index in [1.54, 1.807) is 18.3 Å². The van der Waals surface area contributed by atoms with Gasteiger partial charge in [-0.2, -0.15) is 0 Å². The van der Waals surface area contributed by atoms with Crippen LogP contribution in [0, 0.1) is 5.82 Å². The van der Waals surface area contributed by atoms with E-state index in [0.29, 0.717) is 17.5 Å². The summed E-state index contributed by atoms with van der Waals surface area (Å²) in [4.78, 5) is 16.5. The number of anilines is 1. The molecule has 0 aliphatic heterocycles. The Morgan fingerprint density at radius 3 is 2.74 bits per heavy atom. The Hall–Kier alpha value is -2.74. The molecule has 1 aromatic carbocycles. The Morgan fingerprint density at radius 1 is 1.22 bits per heavy atom. The summed E-state index contributed by atoms with van der Waals surface area (Å²) in [5.41, 5.74) is 1.79. The van der Waals surface area contributed by atoms with E-state index in [1.807, 2.05) is 36.6 Å². The van der Waals surface area contributed by atoms with E-state index in [4.69, 9.17) is 0 Å². The molecule has 1 amide bonds. The number of benzene rings is 1. The summed E-state index contributed by atoms with van der Waals surface area (Å²) in [7, 11) is 0. The fourth-order valence-electron chi connectivity index (χ4n) is 2.56. The molecule has 0 unspecified atom stereocenters. The Bertz CT molecular complexity index is 929. The topological polar surface area (TPSA) is 72.7 Å². The van der Waals surface area contributed by atoms with E-state index in [1.165, 1.54) is 17.8 Å². The highest BCUT2D eigenvalue weighted by molar-refractivity contribution is 7.99. The highest BCUT2D eigenvalue weighted by Gasteiger charge is 2.16. The fourth-order valence-corrected chi connectivity index (χ4v) is 3.36. The van der Waals surface area contributed by atoms with Crippen molar-refractivity contribution in [3.63, 3.8) is 0 Å². The van der Waals surface area contributed by atoms with E-state index in [-0.39, 0.29) is 17.3 Å². The molecule has 0 aliphatic carbocycles. The van der Waals surface area contributed by atoms with Crippen LogP contribution in [0.4, 0.5) is 10.1 Å². The molecular formula is C19H20FN5OS. The molecule has 0 saturated carbocycles. The van der Waals surface area contributed by atoms with E-state index >= 15 is 0 Å². The third kappa shape index (κ3) is 4.51. The van der Waals surface area contributed by atoms with Crippen LogP contribution in [0.1, 0.15) is 19.4 Å². The number of rotatable bonds is 7. The maximum absolute atomic E-state index is 14.0. The largest absolute Gasteiger partial charge is 0.323 e. The molecule has 0 atom stereocenters. The van der Waals surface area contributed by atoms with Crippen LogP contribution in [-0.2, 0) is 17.8 Å². The van der Waals surface area contributed by atoms with Crippen molar-refractivity contribution in [3.05, 3.63) is 54.0 Å². The van der Waals surface area contributed by atoms with Crippen LogP contribution < -0.4 is 5.32 Å². The minimum atomic E-state index is -0.429. The van der Waals surface area contributed by atoms with Gasteiger partial charge in [0.1, 0.15) is 11.5 Å². The van der Waals surface area contributed by atoms with Crippen molar-refractivity contribution < 1.29 is 9.18 Å². The Morgan fingerprint density at radius 2 is 2.07 bits per heavy atom. The smallest absolute Gasteiger partial charge is 0.234 e. The number of pyridine rings is 1. The summed E-state index contributed by atoms with van der Waals surface area (Å²) in [5.74, 6) is 0.0345. The Labute approximate surface area is 161 Å². The number of hydrogen-bond donors (Lipinski definition) is 1. The first kappa shape index (κ1) is 19.0. The maximum Gasteiger partial charge on any atom is 0.234 e. The van der Waals surface area contributed by atoms with Crippen LogP contribution >= 0.6 is 11.8 Å². The van der Waals surface area contributed by atoms with Crippen molar-refractivity contribution in [1.29, 1.82) is 0 Å². The molecule has 8 heteroatoms. The zero-order chi connectivity index (χ0) is 19.2. The van der Waals surface area contributed by atoms with Crippen molar-refractivity contribution in [2.45, 2.75) is 32.0 Å². The molecule has 0 radical (unpaired) electrons. The van der Waals surface area contributed by atoms with Gasteiger partial charge in [-0.1, -0.05) is 30.8 Å². The Balaban J connectivity index is 1.66. The number of amides is 1. The monoisotopic (exact) mass is 385 g/mol. The highest BCUT2D eigenvalue weighted by Crippen LogP contribution is 2.23. The third-order valence-electron chi connectivity index (χ3n) is 3.98. The van der Waals surface area contributed by atoms with Gasteiger partial charge >= 0.3 is 0 Å². The van der Waals surface area contributed by atoms with E-state index in [2.05, 4.69) is 20.5 Å². The van der Waals surface area contributed by atoms with Gasteiger partial charge in [-0.15, -0.1) is 10.2 Å². The summed E-state index contributed by atoms with van der Waals surface area (Å²) in [6.45, 7) is 4.58. The summed E-state index contributed by atoms with van der Waals surface area (Å²) < 4.78 is 15.9. The van der Waals surface area contributed by atoms with Crippen molar-refractivity contribution in [1.82, 2.24) is 19.7 Å². The second kappa shape index (κ2) is 8.77. The summed E-state index contributed by atoms with van der Waals surface area (Å²) in [5, 5.41) is 11.6. The number of aryl methyl sites for hydroxylation is 1. The first-order valence-corrected chi connectivity index (χ1v) is 9.66. The van der Waals surface area contributed by atoms with Crippen LogP contribution in [0.3, 0.4) is 0 Å². The lowest BCUT2D eigenvalue weighted by Crippen LogP contribution is -2.15. The normalized spacial score (nSPS) is 10.8. The van der Waals surface area contributed by atoms with Gasteiger partial charge < -0.3 is 9.88 Å². The summed E-state index contributed by atoms with van der Waals surface area (Å²) >= 11 is 1.26. The van der Waals surface area contributed by atoms with Crippen molar-refractivity contribution in [2.75, 3.05) is 11.1 Å². The number of nitrogens with one attached hydrogen (secondary N) is 1. The van der Waals surface area contributed by atoms with Gasteiger partial charge in [0, 0.05) is 12.7 Å². The molecular weight excluding hydrogens is 365 g/mol. The molecule has 0 spiro atoms. The summed E-state index contributed by atoms with van der Waals surface area (Å²) in [6.07, 6.45) is 2.44. The molecule has 1 N–H and O–H groups in total. The number of hydrogen-bond acceptors (Lipinski definition) is 5. The average molecular weight is 385 g/mol. The number of carbonyl (C=O) groups is 1. The number of thioether (sulfide) groups is 1. The molecule has 0 bridgehead atoms. The first-order valence-electron chi connectivity index (χ1n) is 8.68. The van der Waals surface area contributed by atoms with E-state index < -0.39 is 5.82 Å². The predicted octanol–water partition coefficient (Wildman–Crippen LogP) is 3.79. The minimum absolute atomic E-state index is 0.106. The quantitative estimate of drug-likeness (QED) is 0.627. The predicted molar refractivity (Wildman–Crippen MR) is 104 cm³/mol. The van der Waals surface area contributed by atoms with Crippen LogP contribution in [-0.4, -0.2) is 31.4 Å². The van der Waals surface area contributed by atoms with Crippen LogP contribution in [0.2, 0.25) is 0 Å². The second-order valence-electron chi connectivity index (χ2n) is 5.77. The van der Waals surface area contributed by atoms with E-state index in [0.717, 1.165) is 17.7 Å². The molecule has 6 nitrogen and oxygen atoms in total. The van der Waals surface area contributed by atoms with Crippen molar-refractivity contribution in [3.8, 4) is 11.5 Å². The third-order valence-corrected chi connectivity index (χ3v) is 4.94. The number of aromatic nitrogens is 4. The SMILES string of the molecule is CCc1ccc(NC(=O)CSc2nnc(-c3ccccn3)n2CC)c(F)c1. The first-order chi connectivity index (χ1) is 13.1. The minimum Gasteiger partial charge on any atom is -0.323 e. The number of carbonyl (C=O) groups excluding carboxylic acids is 1. The van der Waals surface area contributed by atoms with Gasteiger partial charge in [0.2, 0.25) is 5.91 Å². The second-order valence-corrected chi connectivity index (χ2v) is 6.71. The average Bonchev–Trinajstić information content (AvgIpc) is 3.11. The van der Waals surface area contributed by atoms with Crippen molar-refractivity contribution >= 4 is 23.4 Å². The van der Waals surface area contributed by atoms with Crippen LogP contribution in [0.15, 0.2) is 47.8 Å².